The third kappa shape index (κ3) is 2.59. The summed E-state index contributed by atoms with van der Waals surface area (Å²) in [7, 11) is 0. The quantitative estimate of drug-likeness (QED) is 0.864. The molecule has 0 bridgehead atoms. The zero-order valence-electron chi connectivity index (χ0n) is 10.1. The van der Waals surface area contributed by atoms with Crippen molar-refractivity contribution in [3.8, 4) is 11.3 Å². The minimum atomic E-state index is -2.66. The van der Waals surface area contributed by atoms with E-state index in [9.17, 15) is 13.6 Å². The summed E-state index contributed by atoms with van der Waals surface area (Å²) in [6, 6.07) is 5.83. The van der Waals surface area contributed by atoms with Gasteiger partial charge in [-0.1, -0.05) is 24.3 Å². The van der Waals surface area contributed by atoms with Crippen LogP contribution in [0.3, 0.4) is 0 Å². The highest BCUT2D eigenvalue weighted by Gasteiger charge is 2.23. The smallest absolute Gasteiger partial charge is 0.361 e. The average molecular weight is 267 g/mol. The lowest BCUT2D eigenvalue weighted by atomic mass is 10.0. The minimum absolute atomic E-state index is 0.0642. The normalized spacial score (nSPS) is 10.7. The van der Waals surface area contributed by atoms with E-state index < -0.39 is 12.4 Å². The molecule has 0 amide bonds. The molecule has 2 aromatic rings. The molecular formula is C12H11F2N3O2. The molecule has 5 nitrogen and oxygen atoms in total. The van der Waals surface area contributed by atoms with Crippen molar-refractivity contribution in [3.05, 3.63) is 35.5 Å². The minimum Gasteiger partial charge on any atom is -0.461 e. The molecular weight excluding hydrogens is 256 g/mol. The lowest BCUT2D eigenvalue weighted by Crippen LogP contribution is -2.07. The van der Waals surface area contributed by atoms with Crippen LogP contribution in [-0.2, 0) is 4.74 Å². The molecule has 7 heteroatoms. The van der Waals surface area contributed by atoms with E-state index in [4.69, 9.17) is 4.74 Å². The van der Waals surface area contributed by atoms with Gasteiger partial charge in [-0.3, -0.25) is 0 Å². The number of aromatic amines is 1. The standard InChI is InChI=1S/C12H11F2N3O2/c1-2-19-12(18)10-9(15-17-16-10)7-5-3-4-6-8(7)11(13)14/h3-6,11H,2H2,1H3,(H,15,16,17). The van der Waals surface area contributed by atoms with Gasteiger partial charge in [-0.25, -0.2) is 13.6 Å². The van der Waals surface area contributed by atoms with Gasteiger partial charge in [-0.05, 0) is 6.92 Å². The number of benzene rings is 1. The molecule has 0 spiro atoms. The van der Waals surface area contributed by atoms with Crippen molar-refractivity contribution in [1.82, 2.24) is 15.4 Å². The summed E-state index contributed by atoms with van der Waals surface area (Å²) >= 11 is 0. The fourth-order valence-corrected chi connectivity index (χ4v) is 1.66. The van der Waals surface area contributed by atoms with E-state index in [-0.39, 0.29) is 29.1 Å². The Kier molecular flexibility index (Phi) is 3.84. The summed E-state index contributed by atoms with van der Waals surface area (Å²) in [6.07, 6.45) is -2.66. The topological polar surface area (TPSA) is 67.9 Å². The van der Waals surface area contributed by atoms with Crippen LogP contribution in [0.25, 0.3) is 11.3 Å². The molecule has 0 aliphatic rings. The Balaban J connectivity index is 2.49. The fourth-order valence-electron chi connectivity index (χ4n) is 1.66. The van der Waals surface area contributed by atoms with Crippen molar-refractivity contribution in [1.29, 1.82) is 0 Å². The number of H-pyrrole nitrogens is 1. The van der Waals surface area contributed by atoms with E-state index in [1.165, 1.54) is 18.2 Å². The van der Waals surface area contributed by atoms with Crippen molar-refractivity contribution in [2.75, 3.05) is 6.61 Å². The predicted molar refractivity (Wildman–Crippen MR) is 62.7 cm³/mol. The Morgan fingerprint density at radius 1 is 1.37 bits per heavy atom. The molecule has 0 unspecified atom stereocenters. The van der Waals surface area contributed by atoms with Crippen LogP contribution in [0.2, 0.25) is 0 Å². The number of hydrogen-bond acceptors (Lipinski definition) is 4. The summed E-state index contributed by atoms with van der Waals surface area (Å²) < 4.78 is 30.7. The zero-order chi connectivity index (χ0) is 13.8. The molecule has 0 aliphatic carbocycles. The van der Waals surface area contributed by atoms with E-state index in [2.05, 4.69) is 15.4 Å². The van der Waals surface area contributed by atoms with Gasteiger partial charge in [-0.15, -0.1) is 5.10 Å². The second-order valence-corrected chi connectivity index (χ2v) is 3.63. The number of rotatable bonds is 4. The molecule has 0 radical (unpaired) electrons. The van der Waals surface area contributed by atoms with Gasteiger partial charge in [0, 0.05) is 11.1 Å². The largest absolute Gasteiger partial charge is 0.461 e. The summed E-state index contributed by atoms with van der Waals surface area (Å²) in [5, 5.41) is 9.68. The maximum Gasteiger partial charge on any atom is 0.361 e. The Bertz CT molecular complexity index is 584. The van der Waals surface area contributed by atoms with E-state index in [0.717, 1.165) is 0 Å². The molecule has 0 atom stereocenters. The molecule has 19 heavy (non-hydrogen) atoms. The van der Waals surface area contributed by atoms with Gasteiger partial charge in [0.25, 0.3) is 6.43 Å². The van der Waals surface area contributed by atoms with Gasteiger partial charge in [0.05, 0.1) is 6.61 Å². The van der Waals surface area contributed by atoms with Crippen LogP contribution in [0.15, 0.2) is 24.3 Å². The number of esters is 1. The van der Waals surface area contributed by atoms with Gasteiger partial charge >= 0.3 is 5.97 Å². The highest BCUT2D eigenvalue weighted by Crippen LogP contribution is 2.31. The second kappa shape index (κ2) is 5.55. The number of ether oxygens (including phenoxy) is 1. The van der Waals surface area contributed by atoms with Crippen LogP contribution in [0.5, 0.6) is 0 Å². The highest BCUT2D eigenvalue weighted by atomic mass is 19.3. The summed E-state index contributed by atoms with van der Waals surface area (Å²) in [5.41, 5.74) is -0.0828. The Labute approximate surface area is 107 Å². The molecule has 0 aliphatic heterocycles. The predicted octanol–water partition coefficient (Wildman–Crippen LogP) is 2.59. The number of nitrogens with zero attached hydrogens (tertiary/aromatic N) is 2. The van der Waals surface area contributed by atoms with Crippen molar-refractivity contribution in [2.45, 2.75) is 13.3 Å². The maximum absolute atomic E-state index is 12.9. The third-order valence-corrected chi connectivity index (χ3v) is 2.47. The molecule has 2 rings (SSSR count). The van der Waals surface area contributed by atoms with Crippen LogP contribution in [0.1, 0.15) is 29.4 Å². The highest BCUT2D eigenvalue weighted by molar-refractivity contribution is 5.94. The average Bonchev–Trinajstić information content (AvgIpc) is 2.88. The van der Waals surface area contributed by atoms with Crippen LogP contribution < -0.4 is 0 Å². The SMILES string of the molecule is CCOC(=O)c1n[nH]nc1-c1ccccc1C(F)F. The first-order valence-electron chi connectivity index (χ1n) is 5.60. The molecule has 100 valence electrons. The second-order valence-electron chi connectivity index (χ2n) is 3.63. The molecule has 1 aromatic heterocycles. The number of alkyl halides is 2. The Hall–Kier alpha value is -2.31. The molecule has 0 fully saturated rings. The van der Waals surface area contributed by atoms with Gasteiger partial charge in [0.15, 0.2) is 5.69 Å². The summed E-state index contributed by atoms with van der Waals surface area (Å²) in [4.78, 5) is 11.6. The molecule has 1 heterocycles. The van der Waals surface area contributed by atoms with Crippen LogP contribution in [0.4, 0.5) is 8.78 Å². The van der Waals surface area contributed by atoms with Crippen molar-refractivity contribution < 1.29 is 18.3 Å². The summed E-state index contributed by atoms with van der Waals surface area (Å²) in [6.45, 7) is 1.81. The fraction of sp³-hybridized carbons (Fsp3) is 0.250. The first kappa shape index (κ1) is 13.1. The molecule has 1 N–H and O–H groups in total. The van der Waals surface area contributed by atoms with E-state index in [0.29, 0.717) is 0 Å². The van der Waals surface area contributed by atoms with Crippen molar-refractivity contribution in [3.63, 3.8) is 0 Å². The van der Waals surface area contributed by atoms with Crippen molar-refractivity contribution in [2.24, 2.45) is 0 Å². The van der Waals surface area contributed by atoms with Gasteiger partial charge in [-0.2, -0.15) is 10.3 Å². The Morgan fingerprint density at radius 2 is 2.11 bits per heavy atom. The van der Waals surface area contributed by atoms with E-state index in [1.54, 1.807) is 13.0 Å². The zero-order valence-corrected chi connectivity index (χ0v) is 10.1. The van der Waals surface area contributed by atoms with Gasteiger partial charge in [0.1, 0.15) is 5.69 Å². The van der Waals surface area contributed by atoms with Crippen LogP contribution >= 0.6 is 0 Å². The molecule has 1 aromatic carbocycles. The number of carbonyl (C=O) groups is 1. The number of hydrogen-bond donors (Lipinski definition) is 1. The maximum atomic E-state index is 12.9. The van der Waals surface area contributed by atoms with Crippen molar-refractivity contribution >= 4 is 5.97 Å². The number of nitrogens with one attached hydrogen (secondary N) is 1. The number of carbonyl (C=O) groups excluding carboxylic acids is 1. The van der Waals surface area contributed by atoms with E-state index in [1.807, 2.05) is 0 Å². The summed E-state index contributed by atoms with van der Waals surface area (Å²) in [5.74, 6) is -0.699. The third-order valence-electron chi connectivity index (χ3n) is 2.47. The lowest BCUT2D eigenvalue weighted by Gasteiger charge is -2.07. The first-order valence-corrected chi connectivity index (χ1v) is 5.60. The Morgan fingerprint density at radius 3 is 2.79 bits per heavy atom. The lowest BCUT2D eigenvalue weighted by molar-refractivity contribution is 0.0520. The van der Waals surface area contributed by atoms with E-state index >= 15 is 0 Å². The molecule has 0 saturated heterocycles. The van der Waals surface area contributed by atoms with Crippen LogP contribution in [-0.4, -0.2) is 28.0 Å². The van der Waals surface area contributed by atoms with Gasteiger partial charge in [0.2, 0.25) is 0 Å². The first-order chi connectivity index (χ1) is 9.15. The molecule has 0 saturated carbocycles. The van der Waals surface area contributed by atoms with Gasteiger partial charge < -0.3 is 4.74 Å². The number of aromatic nitrogens is 3. The number of halogens is 2. The van der Waals surface area contributed by atoms with Crippen LogP contribution in [0, 0.1) is 0 Å². The monoisotopic (exact) mass is 267 g/mol.